The molecule has 6 heteroatoms. The van der Waals surface area contributed by atoms with Crippen molar-refractivity contribution in [3.8, 4) is 5.75 Å². The third-order valence-electron chi connectivity index (χ3n) is 5.36. The maximum Gasteiger partial charge on any atom is 0.220 e. The molecule has 2 heterocycles. The van der Waals surface area contributed by atoms with Gasteiger partial charge in [0.15, 0.2) is 0 Å². The molecule has 1 aromatic heterocycles. The van der Waals surface area contributed by atoms with Crippen molar-refractivity contribution in [3.05, 3.63) is 46.8 Å². The second kappa shape index (κ2) is 9.04. The van der Waals surface area contributed by atoms with E-state index in [1.807, 2.05) is 32.0 Å². The Labute approximate surface area is 160 Å². The van der Waals surface area contributed by atoms with Gasteiger partial charge in [0.25, 0.3) is 0 Å². The SMILES string of the molecule is COc1ccccc1C(CNC(=O)CCc1c(C)noc1C)N1CCCC1. The first-order valence-corrected chi connectivity index (χ1v) is 9.65. The lowest BCUT2D eigenvalue weighted by Gasteiger charge is -2.29. The van der Waals surface area contributed by atoms with E-state index >= 15 is 0 Å². The predicted molar refractivity (Wildman–Crippen MR) is 104 cm³/mol. The number of nitrogens with one attached hydrogen (secondary N) is 1. The van der Waals surface area contributed by atoms with E-state index in [-0.39, 0.29) is 11.9 Å². The monoisotopic (exact) mass is 371 g/mol. The number of carbonyl (C=O) groups excluding carboxylic acids is 1. The number of nitrogens with zero attached hydrogens (tertiary/aromatic N) is 2. The van der Waals surface area contributed by atoms with Crippen molar-refractivity contribution in [2.24, 2.45) is 0 Å². The van der Waals surface area contributed by atoms with Crippen LogP contribution in [-0.2, 0) is 11.2 Å². The van der Waals surface area contributed by atoms with Crippen LogP contribution < -0.4 is 10.1 Å². The number of amides is 1. The summed E-state index contributed by atoms with van der Waals surface area (Å²) in [5, 5.41) is 7.08. The lowest BCUT2D eigenvalue weighted by Crippen LogP contribution is -2.37. The molecule has 1 amide bonds. The average molecular weight is 371 g/mol. The van der Waals surface area contributed by atoms with Gasteiger partial charge in [0, 0.05) is 24.1 Å². The van der Waals surface area contributed by atoms with E-state index < -0.39 is 0 Å². The summed E-state index contributed by atoms with van der Waals surface area (Å²) in [6, 6.07) is 8.22. The van der Waals surface area contributed by atoms with Gasteiger partial charge in [0.1, 0.15) is 11.5 Å². The van der Waals surface area contributed by atoms with Crippen molar-refractivity contribution in [2.45, 2.75) is 45.6 Å². The van der Waals surface area contributed by atoms with Crippen LogP contribution in [-0.4, -0.2) is 42.7 Å². The minimum Gasteiger partial charge on any atom is -0.496 e. The molecule has 1 unspecified atom stereocenters. The van der Waals surface area contributed by atoms with Crippen LogP contribution in [0.4, 0.5) is 0 Å². The molecule has 0 saturated carbocycles. The molecule has 146 valence electrons. The number of benzene rings is 1. The van der Waals surface area contributed by atoms with Crippen LogP contribution in [0.1, 0.15) is 47.9 Å². The van der Waals surface area contributed by atoms with Gasteiger partial charge in [-0.05, 0) is 52.3 Å². The molecular formula is C21H29N3O3. The van der Waals surface area contributed by atoms with Gasteiger partial charge in [0.2, 0.25) is 5.91 Å². The zero-order chi connectivity index (χ0) is 19.2. The van der Waals surface area contributed by atoms with Gasteiger partial charge in [-0.25, -0.2) is 0 Å². The Morgan fingerprint density at radius 3 is 2.70 bits per heavy atom. The Bertz CT molecular complexity index is 746. The molecule has 1 aliphatic rings. The van der Waals surface area contributed by atoms with Crippen molar-refractivity contribution in [3.63, 3.8) is 0 Å². The minimum absolute atomic E-state index is 0.0501. The molecule has 1 fully saturated rings. The van der Waals surface area contributed by atoms with Crippen molar-refractivity contribution in [1.82, 2.24) is 15.4 Å². The van der Waals surface area contributed by atoms with E-state index in [0.29, 0.717) is 19.4 Å². The molecule has 3 rings (SSSR count). The fraction of sp³-hybridized carbons (Fsp3) is 0.524. The Kier molecular flexibility index (Phi) is 6.50. The first-order valence-electron chi connectivity index (χ1n) is 9.65. The molecule has 1 aromatic carbocycles. The Morgan fingerprint density at radius 2 is 2.04 bits per heavy atom. The number of rotatable bonds is 8. The summed E-state index contributed by atoms with van der Waals surface area (Å²) < 4.78 is 10.7. The molecule has 1 aliphatic heterocycles. The lowest BCUT2D eigenvalue weighted by molar-refractivity contribution is -0.121. The fourth-order valence-electron chi connectivity index (χ4n) is 3.83. The summed E-state index contributed by atoms with van der Waals surface area (Å²) in [5.41, 5.74) is 3.03. The van der Waals surface area contributed by atoms with E-state index in [0.717, 1.165) is 41.4 Å². The van der Waals surface area contributed by atoms with Gasteiger partial charge in [-0.2, -0.15) is 0 Å². The number of likely N-dealkylation sites (tertiary alicyclic amines) is 1. The van der Waals surface area contributed by atoms with Gasteiger partial charge in [0.05, 0.1) is 18.8 Å². The highest BCUT2D eigenvalue weighted by molar-refractivity contribution is 5.76. The summed E-state index contributed by atoms with van der Waals surface area (Å²) in [4.78, 5) is 14.9. The summed E-state index contributed by atoms with van der Waals surface area (Å²) in [7, 11) is 1.70. The third kappa shape index (κ3) is 4.69. The average Bonchev–Trinajstić information content (AvgIpc) is 3.31. The largest absolute Gasteiger partial charge is 0.496 e. The second-order valence-corrected chi connectivity index (χ2v) is 7.11. The van der Waals surface area contributed by atoms with Crippen molar-refractivity contribution >= 4 is 5.91 Å². The van der Waals surface area contributed by atoms with Gasteiger partial charge in [-0.3, -0.25) is 9.69 Å². The first-order chi connectivity index (χ1) is 13.1. The topological polar surface area (TPSA) is 67.6 Å². The molecule has 1 N–H and O–H groups in total. The number of hydrogen-bond donors (Lipinski definition) is 1. The van der Waals surface area contributed by atoms with E-state index in [2.05, 4.69) is 21.4 Å². The Hall–Kier alpha value is -2.34. The highest BCUT2D eigenvalue weighted by atomic mass is 16.5. The molecule has 0 radical (unpaired) electrons. The fourth-order valence-corrected chi connectivity index (χ4v) is 3.83. The lowest BCUT2D eigenvalue weighted by atomic mass is 10.0. The molecule has 1 atom stereocenters. The van der Waals surface area contributed by atoms with Crippen LogP contribution in [0.5, 0.6) is 5.75 Å². The number of aromatic nitrogens is 1. The highest BCUT2D eigenvalue weighted by Crippen LogP contribution is 2.31. The van der Waals surface area contributed by atoms with E-state index in [1.54, 1.807) is 7.11 Å². The van der Waals surface area contributed by atoms with Crippen molar-refractivity contribution in [2.75, 3.05) is 26.7 Å². The number of methoxy groups -OCH3 is 1. The van der Waals surface area contributed by atoms with E-state index in [9.17, 15) is 4.79 Å². The van der Waals surface area contributed by atoms with Gasteiger partial charge < -0.3 is 14.6 Å². The Balaban J connectivity index is 1.63. The van der Waals surface area contributed by atoms with Crippen LogP contribution in [0.15, 0.2) is 28.8 Å². The molecule has 27 heavy (non-hydrogen) atoms. The Morgan fingerprint density at radius 1 is 1.30 bits per heavy atom. The summed E-state index contributed by atoms with van der Waals surface area (Å²) in [5.74, 6) is 1.72. The minimum atomic E-state index is 0.0501. The molecule has 1 saturated heterocycles. The zero-order valence-electron chi connectivity index (χ0n) is 16.5. The normalized spacial score (nSPS) is 15.7. The van der Waals surface area contributed by atoms with E-state index in [4.69, 9.17) is 9.26 Å². The van der Waals surface area contributed by atoms with Crippen LogP contribution in [0.2, 0.25) is 0 Å². The van der Waals surface area contributed by atoms with Crippen LogP contribution in [0.3, 0.4) is 0 Å². The van der Waals surface area contributed by atoms with Crippen LogP contribution in [0.25, 0.3) is 0 Å². The summed E-state index contributed by atoms with van der Waals surface area (Å²) in [6.07, 6.45) is 3.48. The van der Waals surface area contributed by atoms with Crippen LogP contribution in [0, 0.1) is 13.8 Å². The van der Waals surface area contributed by atoms with Gasteiger partial charge >= 0.3 is 0 Å². The van der Waals surface area contributed by atoms with Crippen molar-refractivity contribution < 1.29 is 14.1 Å². The standard InChI is InChI=1S/C21H29N3O3/c1-15-17(16(2)27-23-15)10-11-21(25)22-14-19(24-12-6-7-13-24)18-8-4-5-9-20(18)26-3/h4-5,8-9,19H,6-7,10-14H2,1-3H3,(H,22,25). The second-order valence-electron chi connectivity index (χ2n) is 7.11. The first kappa shape index (κ1) is 19.4. The van der Waals surface area contributed by atoms with Gasteiger partial charge in [-0.1, -0.05) is 23.4 Å². The molecular weight excluding hydrogens is 342 g/mol. The number of aryl methyl sites for hydroxylation is 2. The molecule has 2 aromatic rings. The maximum absolute atomic E-state index is 12.5. The smallest absolute Gasteiger partial charge is 0.220 e. The number of hydrogen-bond acceptors (Lipinski definition) is 5. The zero-order valence-corrected chi connectivity index (χ0v) is 16.5. The number of ether oxygens (including phenoxy) is 1. The number of para-hydroxylation sites is 1. The molecule has 6 nitrogen and oxygen atoms in total. The quantitative estimate of drug-likeness (QED) is 0.772. The summed E-state index contributed by atoms with van der Waals surface area (Å²) >= 11 is 0. The van der Waals surface area contributed by atoms with Crippen LogP contribution >= 0.6 is 0 Å². The maximum atomic E-state index is 12.5. The molecule has 0 spiro atoms. The van der Waals surface area contributed by atoms with Crippen molar-refractivity contribution in [1.29, 1.82) is 0 Å². The van der Waals surface area contributed by atoms with E-state index in [1.165, 1.54) is 12.8 Å². The summed E-state index contributed by atoms with van der Waals surface area (Å²) in [6.45, 7) is 6.49. The highest BCUT2D eigenvalue weighted by Gasteiger charge is 2.26. The molecule has 0 aliphatic carbocycles. The molecule has 0 bridgehead atoms. The number of carbonyl (C=O) groups is 1. The third-order valence-corrected chi connectivity index (χ3v) is 5.36. The van der Waals surface area contributed by atoms with Gasteiger partial charge in [-0.15, -0.1) is 0 Å². The predicted octanol–water partition coefficient (Wildman–Crippen LogP) is 3.19.